The fraction of sp³-hybridized carbons (Fsp3) is 0.467. The number of ether oxygens (including phenoxy) is 2. The third-order valence-corrected chi connectivity index (χ3v) is 3.31. The summed E-state index contributed by atoms with van der Waals surface area (Å²) in [5.74, 6) is 0.920. The molecule has 1 fully saturated rings. The van der Waals surface area contributed by atoms with Gasteiger partial charge in [-0.05, 0) is 43.9 Å². The third-order valence-electron chi connectivity index (χ3n) is 3.31. The van der Waals surface area contributed by atoms with E-state index in [9.17, 15) is 4.79 Å². The van der Waals surface area contributed by atoms with E-state index in [1.807, 2.05) is 0 Å². The number of nitriles is 1. The van der Waals surface area contributed by atoms with Crippen molar-refractivity contribution in [3.8, 4) is 11.8 Å². The van der Waals surface area contributed by atoms with Gasteiger partial charge in [0.25, 0.3) is 0 Å². The highest BCUT2D eigenvalue weighted by Crippen LogP contribution is 2.23. The van der Waals surface area contributed by atoms with Crippen molar-refractivity contribution in [2.45, 2.75) is 19.8 Å². The molecule has 4 heteroatoms. The molecule has 1 aliphatic heterocycles. The van der Waals surface area contributed by atoms with Gasteiger partial charge in [-0.2, -0.15) is 5.26 Å². The van der Waals surface area contributed by atoms with Crippen molar-refractivity contribution in [3.63, 3.8) is 0 Å². The van der Waals surface area contributed by atoms with Gasteiger partial charge >= 0.3 is 0 Å². The van der Waals surface area contributed by atoms with E-state index < -0.39 is 0 Å². The topological polar surface area (TPSA) is 59.3 Å². The Kier molecular flexibility index (Phi) is 4.53. The maximum absolute atomic E-state index is 11.5. The fourth-order valence-electron chi connectivity index (χ4n) is 2.12. The van der Waals surface area contributed by atoms with Crippen molar-refractivity contribution in [1.82, 2.24) is 0 Å². The van der Waals surface area contributed by atoms with Gasteiger partial charge in [0.2, 0.25) is 0 Å². The van der Waals surface area contributed by atoms with Crippen LogP contribution in [-0.2, 0) is 4.74 Å². The predicted molar refractivity (Wildman–Crippen MR) is 70.2 cm³/mol. The summed E-state index contributed by atoms with van der Waals surface area (Å²) in [6.45, 7) is 3.61. The molecule has 4 nitrogen and oxygen atoms in total. The second-order valence-corrected chi connectivity index (χ2v) is 4.75. The number of carbonyl (C=O) groups excluding carboxylic acids is 1. The molecule has 0 unspecified atom stereocenters. The molecule has 0 spiro atoms. The van der Waals surface area contributed by atoms with Gasteiger partial charge in [-0.1, -0.05) is 0 Å². The van der Waals surface area contributed by atoms with Crippen LogP contribution in [0.15, 0.2) is 18.2 Å². The zero-order valence-corrected chi connectivity index (χ0v) is 11.0. The molecule has 19 heavy (non-hydrogen) atoms. The van der Waals surface area contributed by atoms with Crippen molar-refractivity contribution in [2.75, 3.05) is 19.8 Å². The zero-order chi connectivity index (χ0) is 13.7. The Labute approximate surface area is 112 Å². The maximum atomic E-state index is 11.5. The molecule has 0 aliphatic carbocycles. The van der Waals surface area contributed by atoms with E-state index in [-0.39, 0.29) is 5.78 Å². The molecule has 0 saturated carbocycles. The van der Waals surface area contributed by atoms with E-state index in [1.165, 1.54) is 6.92 Å². The number of carbonyl (C=O) groups is 1. The van der Waals surface area contributed by atoms with E-state index in [2.05, 4.69) is 6.07 Å². The SMILES string of the molecule is CC(=O)c1ccc(C#N)cc1OCC1CCOCC1. The summed E-state index contributed by atoms with van der Waals surface area (Å²) in [4.78, 5) is 11.5. The minimum atomic E-state index is -0.0496. The molecule has 0 N–H and O–H groups in total. The Morgan fingerprint density at radius 3 is 2.84 bits per heavy atom. The van der Waals surface area contributed by atoms with Gasteiger partial charge in [-0.3, -0.25) is 4.79 Å². The van der Waals surface area contributed by atoms with Gasteiger partial charge in [0, 0.05) is 13.2 Å². The summed E-state index contributed by atoms with van der Waals surface area (Å²) >= 11 is 0. The summed E-state index contributed by atoms with van der Waals surface area (Å²) in [6, 6.07) is 6.99. The average Bonchev–Trinajstić information content (AvgIpc) is 2.45. The van der Waals surface area contributed by atoms with Crippen molar-refractivity contribution < 1.29 is 14.3 Å². The van der Waals surface area contributed by atoms with Crippen LogP contribution in [0.3, 0.4) is 0 Å². The van der Waals surface area contributed by atoms with Gasteiger partial charge in [0.05, 0.1) is 23.8 Å². The molecule has 100 valence electrons. The lowest BCUT2D eigenvalue weighted by atomic mass is 10.0. The Bertz CT molecular complexity index is 499. The van der Waals surface area contributed by atoms with Crippen LogP contribution in [-0.4, -0.2) is 25.6 Å². The Morgan fingerprint density at radius 2 is 2.21 bits per heavy atom. The minimum absolute atomic E-state index is 0.0496. The summed E-state index contributed by atoms with van der Waals surface area (Å²) in [5, 5.41) is 8.90. The molecule has 0 amide bonds. The van der Waals surface area contributed by atoms with Crippen LogP contribution in [0.5, 0.6) is 5.75 Å². The monoisotopic (exact) mass is 259 g/mol. The minimum Gasteiger partial charge on any atom is -0.492 e. The number of hydrogen-bond acceptors (Lipinski definition) is 4. The van der Waals surface area contributed by atoms with Gasteiger partial charge < -0.3 is 9.47 Å². The standard InChI is InChI=1S/C15H17NO3/c1-11(17)14-3-2-13(9-16)8-15(14)19-10-12-4-6-18-7-5-12/h2-3,8,12H,4-7,10H2,1H3. The fourth-order valence-corrected chi connectivity index (χ4v) is 2.12. The first-order valence-corrected chi connectivity index (χ1v) is 6.46. The first kappa shape index (κ1) is 13.6. The van der Waals surface area contributed by atoms with Gasteiger partial charge in [0.15, 0.2) is 5.78 Å². The smallest absolute Gasteiger partial charge is 0.163 e. The molecule has 0 bridgehead atoms. The molecule has 1 heterocycles. The summed E-state index contributed by atoms with van der Waals surface area (Å²) < 4.78 is 11.1. The highest BCUT2D eigenvalue weighted by molar-refractivity contribution is 5.97. The van der Waals surface area contributed by atoms with Crippen LogP contribution < -0.4 is 4.74 Å². The average molecular weight is 259 g/mol. The third kappa shape index (κ3) is 3.55. The number of nitrogens with zero attached hydrogens (tertiary/aromatic N) is 1. The molecular weight excluding hydrogens is 242 g/mol. The van der Waals surface area contributed by atoms with E-state index >= 15 is 0 Å². The highest BCUT2D eigenvalue weighted by Gasteiger charge is 2.16. The number of rotatable bonds is 4. The first-order valence-electron chi connectivity index (χ1n) is 6.46. The van der Waals surface area contributed by atoms with Crippen LogP contribution in [0.25, 0.3) is 0 Å². The zero-order valence-electron chi connectivity index (χ0n) is 11.0. The largest absolute Gasteiger partial charge is 0.492 e. The quantitative estimate of drug-likeness (QED) is 0.780. The van der Waals surface area contributed by atoms with Crippen LogP contribution in [0.1, 0.15) is 35.7 Å². The lowest BCUT2D eigenvalue weighted by Gasteiger charge is -2.22. The van der Waals surface area contributed by atoms with Crippen LogP contribution >= 0.6 is 0 Å². The van der Waals surface area contributed by atoms with Crippen molar-refractivity contribution in [1.29, 1.82) is 5.26 Å². The molecule has 1 aromatic rings. The molecule has 1 aliphatic rings. The van der Waals surface area contributed by atoms with E-state index in [0.717, 1.165) is 26.1 Å². The summed E-state index contributed by atoms with van der Waals surface area (Å²) in [7, 11) is 0. The van der Waals surface area contributed by atoms with Crippen LogP contribution in [0.2, 0.25) is 0 Å². The number of ketones is 1. The van der Waals surface area contributed by atoms with E-state index in [1.54, 1.807) is 18.2 Å². The van der Waals surface area contributed by atoms with Gasteiger partial charge in [0.1, 0.15) is 5.75 Å². The van der Waals surface area contributed by atoms with Crippen molar-refractivity contribution in [3.05, 3.63) is 29.3 Å². The summed E-state index contributed by atoms with van der Waals surface area (Å²) in [6.07, 6.45) is 1.96. The van der Waals surface area contributed by atoms with E-state index in [4.69, 9.17) is 14.7 Å². The van der Waals surface area contributed by atoms with Crippen molar-refractivity contribution in [2.24, 2.45) is 5.92 Å². The molecule has 1 saturated heterocycles. The second-order valence-electron chi connectivity index (χ2n) is 4.75. The number of Topliss-reactive ketones (excluding diaryl/α,β-unsaturated/α-hetero) is 1. The second kappa shape index (κ2) is 6.35. The predicted octanol–water partition coefficient (Wildman–Crippen LogP) is 2.57. The lowest BCUT2D eigenvalue weighted by Crippen LogP contribution is -2.21. The Morgan fingerprint density at radius 1 is 1.47 bits per heavy atom. The van der Waals surface area contributed by atoms with Crippen molar-refractivity contribution >= 4 is 5.78 Å². The number of hydrogen-bond donors (Lipinski definition) is 0. The Balaban J connectivity index is 2.08. The molecule has 0 atom stereocenters. The van der Waals surface area contributed by atoms with Crippen LogP contribution in [0.4, 0.5) is 0 Å². The Hall–Kier alpha value is -1.86. The molecular formula is C15H17NO3. The molecule has 0 radical (unpaired) electrons. The first-order chi connectivity index (χ1) is 9.20. The normalized spacial score (nSPS) is 15.8. The molecule has 0 aromatic heterocycles. The van der Waals surface area contributed by atoms with Gasteiger partial charge in [-0.25, -0.2) is 0 Å². The maximum Gasteiger partial charge on any atom is 0.163 e. The molecule has 1 aromatic carbocycles. The summed E-state index contributed by atoms with van der Waals surface area (Å²) in [5.41, 5.74) is 1.04. The highest BCUT2D eigenvalue weighted by atomic mass is 16.5. The molecule has 2 rings (SSSR count). The van der Waals surface area contributed by atoms with Gasteiger partial charge in [-0.15, -0.1) is 0 Å². The van der Waals surface area contributed by atoms with E-state index in [0.29, 0.717) is 29.4 Å². The number of benzene rings is 1. The van der Waals surface area contributed by atoms with Crippen LogP contribution in [0, 0.1) is 17.2 Å². The lowest BCUT2D eigenvalue weighted by molar-refractivity contribution is 0.0495.